The van der Waals surface area contributed by atoms with Crippen LogP contribution in [-0.2, 0) is 14.3 Å². The Kier molecular flexibility index (Phi) is 6.82. The number of amides is 1. The number of aromatic nitrogens is 1. The van der Waals surface area contributed by atoms with Gasteiger partial charge in [-0.2, -0.15) is 0 Å². The minimum absolute atomic E-state index is 0.0554. The molecular formula is C24H27N3O5. The van der Waals surface area contributed by atoms with Gasteiger partial charge < -0.3 is 19.5 Å². The van der Waals surface area contributed by atoms with Gasteiger partial charge in [0, 0.05) is 37.9 Å². The molecule has 2 aliphatic heterocycles. The van der Waals surface area contributed by atoms with Crippen LogP contribution < -0.4 is 4.74 Å². The van der Waals surface area contributed by atoms with E-state index in [1.165, 1.54) is 4.90 Å². The molecule has 4 rings (SSSR count). The fourth-order valence-corrected chi connectivity index (χ4v) is 4.06. The third kappa shape index (κ3) is 4.51. The molecule has 1 N–H and O–H groups in total. The van der Waals surface area contributed by atoms with Crippen molar-refractivity contribution in [1.82, 2.24) is 14.8 Å². The maximum atomic E-state index is 13.0. The molecule has 0 saturated carbocycles. The number of hydrogen-bond acceptors (Lipinski definition) is 7. The maximum Gasteiger partial charge on any atom is 0.295 e. The number of morpholine rings is 1. The monoisotopic (exact) mass is 437 g/mol. The number of ketones is 1. The fraction of sp³-hybridized carbons (Fsp3) is 0.375. The van der Waals surface area contributed by atoms with E-state index in [9.17, 15) is 14.7 Å². The lowest BCUT2D eigenvalue weighted by molar-refractivity contribution is -0.140. The quantitative estimate of drug-likeness (QED) is 0.403. The van der Waals surface area contributed by atoms with Crippen LogP contribution in [0, 0.1) is 0 Å². The minimum Gasteiger partial charge on any atom is -0.507 e. The normalized spacial score (nSPS) is 21.2. The van der Waals surface area contributed by atoms with Gasteiger partial charge in [-0.25, -0.2) is 0 Å². The second kappa shape index (κ2) is 9.93. The third-order valence-corrected chi connectivity index (χ3v) is 5.71. The molecule has 1 aromatic carbocycles. The molecule has 0 radical (unpaired) electrons. The van der Waals surface area contributed by atoms with E-state index >= 15 is 0 Å². The summed E-state index contributed by atoms with van der Waals surface area (Å²) in [7, 11) is 0. The second-order valence-electron chi connectivity index (χ2n) is 7.66. The van der Waals surface area contributed by atoms with Crippen LogP contribution in [0.3, 0.4) is 0 Å². The number of aliphatic hydroxyl groups excluding tert-OH is 1. The Morgan fingerprint density at radius 1 is 1.12 bits per heavy atom. The van der Waals surface area contributed by atoms with Crippen molar-refractivity contribution in [3.63, 3.8) is 0 Å². The standard InChI is InChI=1S/C24H27N3O5/c1-2-32-18-8-6-17(7-9-18)22(28)20-21(19-5-3-4-10-25-19)27(24(30)23(20)29)12-11-26-13-15-31-16-14-26/h3-10,21,28H,2,11-16H2,1H3/b22-20+/t21-/m0/s1. The Balaban J connectivity index is 1.68. The summed E-state index contributed by atoms with van der Waals surface area (Å²) in [5.41, 5.74) is 1.04. The zero-order chi connectivity index (χ0) is 22.5. The van der Waals surface area contributed by atoms with Crippen molar-refractivity contribution in [2.75, 3.05) is 46.0 Å². The summed E-state index contributed by atoms with van der Waals surface area (Å²) < 4.78 is 10.8. The zero-order valence-corrected chi connectivity index (χ0v) is 18.1. The highest BCUT2D eigenvalue weighted by molar-refractivity contribution is 6.46. The number of nitrogens with zero attached hydrogens (tertiary/aromatic N) is 3. The summed E-state index contributed by atoms with van der Waals surface area (Å²) in [5.74, 6) is -0.873. The number of carbonyl (C=O) groups is 2. The fourth-order valence-electron chi connectivity index (χ4n) is 4.06. The number of ether oxygens (including phenoxy) is 2. The molecule has 2 fully saturated rings. The van der Waals surface area contributed by atoms with Gasteiger partial charge in [0.15, 0.2) is 0 Å². The highest BCUT2D eigenvalue weighted by atomic mass is 16.5. The Bertz CT molecular complexity index is 984. The molecule has 2 aromatic rings. The number of hydrogen-bond donors (Lipinski definition) is 1. The molecule has 0 aliphatic carbocycles. The second-order valence-corrected chi connectivity index (χ2v) is 7.66. The summed E-state index contributed by atoms with van der Waals surface area (Å²) in [6.45, 7) is 6.25. The largest absolute Gasteiger partial charge is 0.507 e. The van der Waals surface area contributed by atoms with Crippen molar-refractivity contribution < 1.29 is 24.2 Å². The van der Waals surface area contributed by atoms with Crippen LogP contribution in [0.25, 0.3) is 5.76 Å². The number of benzene rings is 1. The van der Waals surface area contributed by atoms with Gasteiger partial charge >= 0.3 is 0 Å². The van der Waals surface area contributed by atoms with E-state index in [4.69, 9.17) is 9.47 Å². The third-order valence-electron chi connectivity index (χ3n) is 5.71. The smallest absolute Gasteiger partial charge is 0.295 e. The van der Waals surface area contributed by atoms with Crippen molar-refractivity contribution >= 4 is 17.4 Å². The lowest BCUT2D eigenvalue weighted by Crippen LogP contribution is -2.42. The molecule has 8 nitrogen and oxygen atoms in total. The van der Waals surface area contributed by atoms with Crippen LogP contribution in [0.15, 0.2) is 54.2 Å². The summed E-state index contributed by atoms with van der Waals surface area (Å²) >= 11 is 0. The molecule has 2 aliphatic rings. The van der Waals surface area contributed by atoms with E-state index < -0.39 is 17.7 Å². The average molecular weight is 437 g/mol. The van der Waals surface area contributed by atoms with Gasteiger partial charge in [0.2, 0.25) is 0 Å². The van der Waals surface area contributed by atoms with Gasteiger partial charge in [0.1, 0.15) is 17.6 Å². The first-order chi connectivity index (χ1) is 15.6. The molecule has 0 spiro atoms. The van der Waals surface area contributed by atoms with Crippen LogP contribution in [0.2, 0.25) is 0 Å². The first-order valence-electron chi connectivity index (χ1n) is 10.8. The number of likely N-dealkylation sites (tertiary alicyclic amines) is 1. The van der Waals surface area contributed by atoms with Crippen LogP contribution in [-0.4, -0.2) is 77.6 Å². The maximum absolute atomic E-state index is 13.0. The molecule has 0 unspecified atom stereocenters. The van der Waals surface area contributed by atoms with E-state index in [1.54, 1.807) is 48.7 Å². The predicted octanol–water partition coefficient (Wildman–Crippen LogP) is 2.23. The average Bonchev–Trinajstić information content (AvgIpc) is 3.09. The molecule has 1 amide bonds. The lowest BCUT2D eigenvalue weighted by atomic mass is 9.98. The molecule has 1 atom stereocenters. The van der Waals surface area contributed by atoms with E-state index in [1.807, 2.05) is 6.92 Å². The van der Waals surface area contributed by atoms with Crippen LogP contribution in [0.1, 0.15) is 24.2 Å². The van der Waals surface area contributed by atoms with Gasteiger partial charge in [0.25, 0.3) is 11.7 Å². The van der Waals surface area contributed by atoms with Gasteiger partial charge in [-0.15, -0.1) is 0 Å². The number of aliphatic hydroxyl groups is 1. The predicted molar refractivity (Wildman–Crippen MR) is 118 cm³/mol. The van der Waals surface area contributed by atoms with Crippen molar-refractivity contribution in [1.29, 1.82) is 0 Å². The Hall–Kier alpha value is -3.23. The molecule has 168 valence electrons. The van der Waals surface area contributed by atoms with Gasteiger partial charge in [0.05, 0.1) is 31.1 Å². The van der Waals surface area contributed by atoms with Crippen LogP contribution >= 0.6 is 0 Å². The SMILES string of the molecule is CCOc1ccc(/C(O)=C2\C(=O)C(=O)N(CCN3CCOCC3)[C@H]2c2ccccn2)cc1. The molecule has 1 aromatic heterocycles. The molecule has 32 heavy (non-hydrogen) atoms. The molecule has 2 saturated heterocycles. The highest BCUT2D eigenvalue weighted by Crippen LogP contribution is 2.38. The number of carbonyl (C=O) groups excluding carboxylic acids is 2. The Labute approximate surface area is 187 Å². The molecular weight excluding hydrogens is 410 g/mol. The van der Waals surface area contributed by atoms with Crippen LogP contribution in [0.5, 0.6) is 5.75 Å². The summed E-state index contributed by atoms with van der Waals surface area (Å²) in [6.07, 6.45) is 1.62. The van der Waals surface area contributed by atoms with E-state index in [0.29, 0.717) is 49.9 Å². The van der Waals surface area contributed by atoms with Crippen molar-refractivity contribution in [2.45, 2.75) is 13.0 Å². The highest BCUT2D eigenvalue weighted by Gasteiger charge is 2.46. The topological polar surface area (TPSA) is 92.2 Å². The lowest BCUT2D eigenvalue weighted by Gasteiger charge is -2.30. The first-order valence-corrected chi connectivity index (χ1v) is 10.8. The zero-order valence-electron chi connectivity index (χ0n) is 18.1. The minimum atomic E-state index is -0.746. The van der Waals surface area contributed by atoms with Gasteiger partial charge in [-0.3, -0.25) is 19.5 Å². The Morgan fingerprint density at radius 2 is 1.88 bits per heavy atom. The van der Waals surface area contributed by atoms with Crippen molar-refractivity contribution in [3.05, 3.63) is 65.5 Å². The molecule has 8 heteroatoms. The summed E-state index contributed by atoms with van der Waals surface area (Å²) in [4.78, 5) is 34.1. The molecule has 3 heterocycles. The van der Waals surface area contributed by atoms with E-state index in [0.717, 1.165) is 13.1 Å². The van der Waals surface area contributed by atoms with E-state index in [2.05, 4.69) is 9.88 Å². The van der Waals surface area contributed by atoms with Crippen molar-refractivity contribution in [2.24, 2.45) is 0 Å². The van der Waals surface area contributed by atoms with Crippen LogP contribution in [0.4, 0.5) is 0 Å². The first kappa shape index (κ1) is 22.0. The van der Waals surface area contributed by atoms with E-state index in [-0.39, 0.29) is 11.3 Å². The number of pyridine rings is 1. The number of Topliss-reactive ketones (excluding diaryl/α,β-unsaturated/α-hetero) is 1. The Morgan fingerprint density at radius 3 is 2.53 bits per heavy atom. The number of rotatable bonds is 7. The van der Waals surface area contributed by atoms with Gasteiger partial charge in [-0.05, 0) is 43.3 Å². The summed E-state index contributed by atoms with van der Waals surface area (Å²) in [6, 6.07) is 11.4. The summed E-state index contributed by atoms with van der Waals surface area (Å²) in [5, 5.41) is 11.1. The molecule has 0 bridgehead atoms. The van der Waals surface area contributed by atoms with Crippen molar-refractivity contribution in [3.8, 4) is 5.75 Å². The van der Waals surface area contributed by atoms with Gasteiger partial charge in [-0.1, -0.05) is 6.07 Å².